The molecule has 7 nitrogen and oxygen atoms in total. The standard InChI is InChI=1S/C14H16ClN3O4S2/c1-10-7-14(18(16-10)12-5-6-23(19,20)9-12)17-24(21,22)13-4-2-3-11(15)8-13/h2-4,7-8,12,17H,5-6,9H2,1H3. The number of hydrogen-bond acceptors (Lipinski definition) is 5. The quantitative estimate of drug-likeness (QED) is 0.862. The third-order valence-corrected chi connectivity index (χ3v) is 7.10. The zero-order chi connectivity index (χ0) is 17.5. The number of halogens is 1. The third-order valence-electron chi connectivity index (χ3n) is 3.76. The summed E-state index contributed by atoms with van der Waals surface area (Å²) in [7, 11) is -6.96. The van der Waals surface area contributed by atoms with Gasteiger partial charge in [-0.3, -0.25) is 4.72 Å². The molecule has 1 unspecified atom stereocenters. The van der Waals surface area contributed by atoms with Crippen molar-refractivity contribution in [2.45, 2.75) is 24.3 Å². The highest BCUT2D eigenvalue weighted by atomic mass is 35.5. The fourth-order valence-corrected chi connectivity index (χ4v) is 5.70. The smallest absolute Gasteiger partial charge is 0.263 e. The van der Waals surface area contributed by atoms with Crippen LogP contribution in [0.3, 0.4) is 0 Å². The van der Waals surface area contributed by atoms with E-state index in [0.717, 1.165) is 0 Å². The minimum atomic E-state index is -3.85. The second-order valence-electron chi connectivity index (χ2n) is 5.74. The Bertz CT molecular complexity index is 983. The van der Waals surface area contributed by atoms with E-state index in [9.17, 15) is 16.8 Å². The minimum Gasteiger partial charge on any atom is -0.264 e. The maximum atomic E-state index is 12.5. The molecular weight excluding hydrogens is 374 g/mol. The molecule has 1 aromatic carbocycles. The summed E-state index contributed by atoms with van der Waals surface area (Å²) in [6.07, 6.45) is 0.412. The first-order valence-corrected chi connectivity index (χ1v) is 10.9. The van der Waals surface area contributed by atoms with Crippen molar-refractivity contribution >= 4 is 37.3 Å². The van der Waals surface area contributed by atoms with E-state index in [1.165, 1.54) is 16.8 Å². The van der Waals surface area contributed by atoms with E-state index in [1.807, 2.05) is 0 Å². The van der Waals surface area contributed by atoms with Crippen LogP contribution < -0.4 is 4.72 Å². The highest BCUT2D eigenvalue weighted by molar-refractivity contribution is 7.92. The van der Waals surface area contributed by atoms with E-state index in [4.69, 9.17) is 11.6 Å². The van der Waals surface area contributed by atoms with Gasteiger partial charge in [0, 0.05) is 11.1 Å². The number of sulfonamides is 1. The first-order valence-electron chi connectivity index (χ1n) is 7.21. The Labute approximate surface area is 145 Å². The van der Waals surface area contributed by atoms with E-state index < -0.39 is 19.9 Å². The Balaban J connectivity index is 1.94. The number of rotatable bonds is 4. The fraction of sp³-hybridized carbons (Fsp3) is 0.357. The highest BCUT2D eigenvalue weighted by Gasteiger charge is 2.32. The monoisotopic (exact) mass is 389 g/mol. The van der Waals surface area contributed by atoms with Gasteiger partial charge in [0.2, 0.25) is 0 Å². The lowest BCUT2D eigenvalue weighted by Gasteiger charge is -2.14. The number of nitrogens with zero attached hydrogens (tertiary/aromatic N) is 2. The van der Waals surface area contributed by atoms with Crippen LogP contribution >= 0.6 is 11.6 Å². The predicted molar refractivity (Wildman–Crippen MR) is 91.5 cm³/mol. The van der Waals surface area contributed by atoms with Gasteiger partial charge < -0.3 is 0 Å². The molecule has 1 aromatic heterocycles. The molecule has 1 aliphatic heterocycles. The second-order valence-corrected chi connectivity index (χ2v) is 10.1. The van der Waals surface area contributed by atoms with E-state index in [0.29, 0.717) is 17.1 Å². The lowest BCUT2D eigenvalue weighted by molar-refractivity contribution is 0.503. The van der Waals surface area contributed by atoms with Crippen LogP contribution in [-0.2, 0) is 19.9 Å². The molecule has 0 radical (unpaired) electrons. The summed E-state index contributed by atoms with van der Waals surface area (Å²) in [5.74, 6) is 0.284. The van der Waals surface area contributed by atoms with Crippen LogP contribution in [0, 0.1) is 6.92 Å². The largest absolute Gasteiger partial charge is 0.264 e. The van der Waals surface area contributed by atoms with Gasteiger partial charge in [0.15, 0.2) is 9.84 Å². The van der Waals surface area contributed by atoms with Gasteiger partial charge in [0.1, 0.15) is 5.82 Å². The average Bonchev–Trinajstić information content (AvgIpc) is 3.01. The molecule has 10 heteroatoms. The lowest BCUT2D eigenvalue weighted by Crippen LogP contribution is -2.20. The van der Waals surface area contributed by atoms with E-state index >= 15 is 0 Å². The van der Waals surface area contributed by atoms with Crippen LogP contribution in [0.25, 0.3) is 0 Å². The van der Waals surface area contributed by atoms with Gasteiger partial charge in [-0.25, -0.2) is 21.5 Å². The average molecular weight is 390 g/mol. The molecule has 1 atom stereocenters. The molecule has 1 aliphatic rings. The van der Waals surface area contributed by atoms with Crippen molar-refractivity contribution in [1.82, 2.24) is 9.78 Å². The minimum absolute atomic E-state index is 0.0273. The molecule has 3 rings (SSSR count). The maximum Gasteiger partial charge on any atom is 0.263 e. The second kappa shape index (κ2) is 6.05. The maximum absolute atomic E-state index is 12.5. The fourth-order valence-electron chi connectivity index (χ4n) is 2.67. The van der Waals surface area contributed by atoms with Gasteiger partial charge in [0.05, 0.1) is 28.1 Å². The van der Waals surface area contributed by atoms with Crippen molar-refractivity contribution in [1.29, 1.82) is 0 Å². The third kappa shape index (κ3) is 3.57. The van der Waals surface area contributed by atoms with Crippen LogP contribution in [0.4, 0.5) is 5.82 Å². The zero-order valence-corrected chi connectivity index (χ0v) is 15.2. The molecule has 1 fully saturated rings. The van der Waals surface area contributed by atoms with Crippen molar-refractivity contribution in [3.63, 3.8) is 0 Å². The Morgan fingerprint density at radius 3 is 2.71 bits per heavy atom. The summed E-state index contributed by atoms with van der Waals surface area (Å²) in [6, 6.07) is 7.11. The van der Waals surface area contributed by atoms with Gasteiger partial charge in [-0.2, -0.15) is 5.10 Å². The van der Waals surface area contributed by atoms with Crippen molar-refractivity contribution in [2.24, 2.45) is 0 Å². The molecule has 1 N–H and O–H groups in total. The van der Waals surface area contributed by atoms with E-state index in [1.54, 1.807) is 25.1 Å². The predicted octanol–water partition coefficient (Wildman–Crippen LogP) is 2.01. The van der Waals surface area contributed by atoms with Gasteiger partial charge in [-0.05, 0) is 31.5 Å². The SMILES string of the molecule is Cc1cc(NS(=O)(=O)c2cccc(Cl)c2)n(C2CCS(=O)(=O)C2)n1. The summed E-state index contributed by atoms with van der Waals surface area (Å²) in [5.41, 5.74) is 0.600. The van der Waals surface area contributed by atoms with E-state index in [-0.39, 0.29) is 28.3 Å². The Kier molecular flexibility index (Phi) is 4.35. The van der Waals surface area contributed by atoms with Crippen LogP contribution in [0.1, 0.15) is 18.2 Å². The molecule has 0 bridgehead atoms. The summed E-state index contributed by atoms with van der Waals surface area (Å²) < 4.78 is 52.3. The van der Waals surface area contributed by atoms with Crippen LogP contribution in [-0.4, -0.2) is 38.1 Å². The number of hydrogen-bond donors (Lipinski definition) is 1. The number of aromatic nitrogens is 2. The molecule has 0 spiro atoms. The topological polar surface area (TPSA) is 98.1 Å². The van der Waals surface area contributed by atoms with Gasteiger partial charge in [-0.1, -0.05) is 17.7 Å². The van der Waals surface area contributed by atoms with Crippen molar-refractivity contribution in [3.8, 4) is 0 Å². The first kappa shape index (κ1) is 17.2. The Morgan fingerprint density at radius 2 is 2.08 bits per heavy atom. The molecule has 24 heavy (non-hydrogen) atoms. The molecule has 0 amide bonds. The molecule has 1 saturated heterocycles. The van der Waals surface area contributed by atoms with Gasteiger partial charge >= 0.3 is 0 Å². The van der Waals surface area contributed by atoms with Gasteiger partial charge in [-0.15, -0.1) is 0 Å². The van der Waals surface area contributed by atoms with E-state index in [2.05, 4.69) is 9.82 Å². The van der Waals surface area contributed by atoms with Crippen molar-refractivity contribution in [2.75, 3.05) is 16.2 Å². The van der Waals surface area contributed by atoms with Crippen LogP contribution in [0.5, 0.6) is 0 Å². The van der Waals surface area contributed by atoms with Crippen molar-refractivity contribution < 1.29 is 16.8 Å². The molecular formula is C14H16ClN3O4S2. The Morgan fingerprint density at radius 1 is 1.33 bits per heavy atom. The first-order chi connectivity index (χ1) is 11.2. The summed E-state index contributed by atoms with van der Waals surface area (Å²) in [4.78, 5) is 0.0273. The molecule has 0 saturated carbocycles. The Hall–Kier alpha value is -1.58. The number of anilines is 1. The number of sulfone groups is 1. The summed E-state index contributed by atoms with van der Waals surface area (Å²) in [6.45, 7) is 1.72. The molecule has 130 valence electrons. The van der Waals surface area contributed by atoms with Crippen molar-refractivity contribution in [3.05, 3.63) is 41.0 Å². The summed E-state index contributed by atoms with van der Waals surface area (Å²) >= 11 is 5.85. The number of benzene rings is 1. The normalized spacial score (nSPS) is 20.2. The van der Waals surface area contributed by atoms with Gasteiger partial charge in [0.25, 0.3) is 10.0 Å². The van der Waals surface area contributed by atoms with Crippen LogP contribution in [0.15, 0.2) is 35.2 Å². The highest BCUT2D eigenvalue weighted by Crippen LogP contribution is 2.28. The number of aryl methyl sites for hydroxylation is 1. The molecule has 2 aromatic rings. The zero-order valence-electron chi connectivity index (χ0n) is 12.8. The summed E-state index contributed by atoms with van der Waals surface area (Å²) in [5, 5.41) is 4.56. The number of nitrogens with one attached hydrogen (secondary N) is 1. The molecule has 0 aliphatic carbocycles. The molecule has 2 heterocycles. The van der Waals surface area contributed by atoms with Crippen LogP contribution in [0.2, 0.25) is 5.02 Å². The lowest BCUT2D eigenvalue weighted by atomic mass is 10.3.